The van der Waals surface area contributed by atoms with Gasteiger partial charge in [-0.05, 0) is 0 Å². The summed E-state index contributed by atoms with van der Waals surface area (Å²) in [4.78, 5) is 0. The van der Waals surface area contributed by atoms with Crippen molar-refractivity contribution in [2.24, 2.45) is 0 Å². The molecule has 8 heavy (non-hydrogen) atoms. The molecule has 0 aliphatic heterocycles. The van der Waals surface area contributed by atoms with E-state index in [0.29, 0.717) is 0 Å². The van der Waals surface area contributed by atoms with Gasteiger partial charge in [0.25, 0.3) is 0 Å². The molecule has 1 heteroatoms. The summed E-state index contributed by atoms with van der Waals surface area (Å²) in [6.07, 6.45) is 3.23. The molecule has 0 heterocycles. The molecular formula is C7H16Ni-3. The molecule has 0 N–H and O–H groups in total. The maximum atomic E-state index is 3.64. The van der Waals surface area contributed by atoms with Gasteiger partial charge in [0.15, 0.2) is 0 Å². The van der Waals surface area contributed by atoms with Crippen LogP contribution >= 0.6 is 0 Å². The van der Waals surface area contributed by atoms with Crippen molar-refractivity contribution in [3.8, 4) is 0 Å². The fraction of sp³-hybridized carbons (Fsp3) is 0.571. The van der Waals surface area contributed by atoms with Crippen LogP contribution in [0.3, 0.4) is 0 Å². The summed E-state index contributed by atoms with van der Waals surface area (Å²) in [5, 5.41) is 0. The fourth-order valence-electron chi connectivity index (χ4n) is 0.177. The van der Waals surface area contributed by atoms with E-state index in [1.807, 2.05) is 0 Å². The third-order valence-corrected chi connectivity index (χ3v) is 0.500. The van der Waals surface area contributed by atoms with E-state index in [0.717, 1.165) is 12.8 Å². The minimum absolute atomic E-state index is 0. The van der Waals surface area contributed by atoms with Crippen molar-refractivity contribution < 1.29 is 16.5 Å². The Morgan fingerprint density at radius 1 is 1.00 bits per heavy atom. The number of rotatable bonds is 2. The average Bonchev–Trinajstić information content (AvgIpc) is 1.75. The summed E-state index contributed by atoms with van der Waals surface area (Å²) in [7, 11) is 0. The molecule has 57 valence electrons. The maximum absolute atomic E-state index is 3.64. The van der Waals surface area contributed by atoms with Crippen LogP contribution in [0.1, 0.15) is 26.2 Å². The van der Waals surface area contributed by atoms with E-state index >= 15 is 0 Å². The topological polar surface area (TPSA) is 0 Å². The van der Waals surface area contributed by atoms with Crippen molar-refractivity contribution in [3.05, 3.63) is 20.8 Å². The van der Waals surface area contributed by atoms with Gasteiger partial charge in [0, 0.05) is 0 Å². The molecule has 0 aromatic carbocycles. The standard InChI is InChI=1S/C5H10.C2H5.Ni.H/c1-3-5-4-2;1-2;;/h1-5H2;1H2,2H3;;/q-2;-1;;. The normalized spacial score (nSPS) is 6.00. The number of hydrogen-bond acceptors (Lipinski definition) is 0. The van der Waals surface area contributed by atoms with Crippen LogP contribution in [0.2, 0.25) is 0 Å². The molecule has 0 rings (SSSR count). The summed E-state index contributed by atoms with van der Waals surface area (Å²) >= 11 is 0. The molecule has 0 aliphatic rings. The van der Waals surface area contributed by atoms with Gasteiger partial charge in [-0.25, -0.2) is 0 Å². The Balaban J connectivity index is -0.0000000750. The molecule has 0 radical (unpaired) electrons. The van der Waals surface area contributed by atoms with Gasteiger partial charge >= 0.3 is 16.5 Å². The van der Waals surface area contributed by atoms with Crippen LogP contribution in [0.4, 0.5) is 0 Å². The van der Waals surface area contributed by atoms with Crippen LogP contribution in [0.5, 0.6) is 0 Å². The van der Waals surface area contributed by atoms with Gasteiger partial charge in [0.2, 0.25) is 0 Å². The summed E-state index contributed by atoms with van der Waals surface area (Å²) in [6, 6.07) is 0. The van der Waals surface area contributed by atoms with Crippen molar-refractivity contribution in [1.29, 1.82) is 0 Å². The Morgan fingerprint density at radius 2 is 1.25 bits per heavy atom. The summed E-state index contributed by atoms with van der Waals surface area (Å²) in [5.41, 5.74) is 0. The first kappa shape index (κ1) is 15.8. The Morgan fingerprint density at radius 3 is 1.25 bits per heavy atom. The van der Waals surface area contributed by atoms with Crippen LogP contribution in [0.25, 0.3) is 0 Å². The van der Waals surface area contributed by atoms with Gasteiger partial charge in [0.1, 0.15) is 0 Å². The second kappa shape index (κ2) is 25.9. The summed E-state index contributed by atoms with van der Waals surface area (Å²) < 4.78 is 0. The predicted molar refractivity (Wildman–Crippen MR) is 37.0 cm³/mol. The zero-order valence-corrected chi connectivity index (χ0v) is 6.62. The fourth-order valence-corrected chi connectivity index (χ4v) is 0.177. The van der Waals surface area contributed by atoms with Gasteiger partial charge in [-0.15, -0.1) is 6.42 Å². The van der Waals surface area contributed by atoms with Crippen molar-refractivity contribution in [3.63, 3.8) is 0 Å². The molecule has 0 bridgehead atoms. The van der Waals surface area contributed by atoms with Gasteiger partial charge in [-0.2, -0.15) is 19.8 Å². The molecule has 0 aromatic rings. The van der Waals surface area contributed by atoms with Crippen molar-refractivity contribution in [1.82, 2.24) is 0 Å². The molecular weight excluding hydrogens is 143 g/mol. The van der Waals surface area contributed by atoms with E-state index < -0.39 is 0 Å². The summed E-state index contributed by atoms with van der Waals surface area (Å²) in [5.74, 6) is 0. The van der Waals surface area contributed by atoms with Crippen LogP contribution in [-0.4, -0.2) is 0 Å². The quantitative estimate of drug-likeness (QED) is 0.428. The monoisotopic (exact) mass is 158 g/mol. The molecule has 0 nitrogen and oxygen atoms in total. The first-order valence-electron chi connectivity index (χ1n) is 2.71. The molecule has 0 spiro atoms. The zero-order chi connectivity index (χ0) is 6.12. The Hall–Kier alpha value is 0.494. The number of hydrogen-bond donors (Lipinski definition) is 0. The Kier molecular flexibility index (Phi) is 51.1. The van der Waals surface area contributed by atoms with Crippen LogP contribution in [-0.2, 0) is 16.5 Å². The summed E-state index contributed by atoms with van der Waals surface area (Å²) in [6.45, 7) is 12.3. The molecule has 0 fully saturated rings. The zero-order valence-electron chi connectivity index (χ0n) is 5.58. The second-order valence-corrected chi connectivity index (χ2v) is 1.06. The molecule has 0 unspecified atom stereocenters. The van der Waals surface area contributed by atoms with E-state index in [2.05, 4.69) is 20.8 Å². The van der Waals surface area contributed by atoms with Crippen LogP contribution in [0.15, 0.2) is 0 Å². The average molecular weight is 159 g/mol. The van der Waals surface area contributed by atoms with E-state index in [1.165, 1.54) is 6.42 Å². The number of unbranched alkanes of at least 4 members (excludes halogenated alkanes) is 2. The molecule has 0 saturated carbocycles. The SMILES string of the molecule is [CH2-]C.[CH2-]CCC[CH2-].[NiH]. The van der Waals surface area contributed by atoms with Gasteiger partial charge in [-0.3, -0.25) is 0 Å². The van der Waals surface area contributed by atoms with Gasteiger partial charge < -0.3 is 20.8 Å². The van der Waals surface area contributed by atoms with Crippen molar-refractivity contribution in [2.75, 3.05) is 0 Å². The van der Waals surface area contributed by atoms with Gasteiger partial charge in [-0.1, -0.05) is 0 Å². The molecule has 0 aliphatic carbocycles. The van der Waals surface area contributed by atoms with Crippen molar-refractivity contribution in [2.45, 2.75) is 26.2 Å². The second-order valence-electron chi connectivity index (χ2n) is 1.06. The third-order valence-electron chi connectivity index (χ3n) is 0.500. The first-order chi connectivity index (χ1) is 3.41. The van der Waals surface area contributed by atoms with Crippen LogP contribution < -0.4 is 0 Å². The Labute approximate surface area is 64.0 Å². The molecule has 0 atom stereocenters. The molecule has 0 amide bonds. The van der Waals surface area contributed by atoms with Gasteiger partial charge in [0.05, 0.1) is 0 Å². The van der Waals surface area contributed by atoms with Crippen LogP contribution in [0, 0.1) is 20.8 Å². The first-order valence-corrected chi connectivity index (χ1v) is 2.71. The van der Waals surface area contributed by atoms with E-state index in [-0.39, 0.29) is 16.5 Å². The van der Waals surface area contributed by atoms with E-state index in [1.54, 1.807) is 6.92 Å². The minimum atomic E-state index is 0. The predicted octanol–water partition coefficient (Wildman–Crippen LogP) is 2.40. The van der Waals surface area contributed by atoms with E-state index in [9.17, 15) is 0 Å². The van der Waals surface area contributed by atoms with Crippen molar-refractivity contribution >= 4 is 0 Å². The third kappa shape index (κ3) is 31.5. The Bertz CT molecular complexity index is 11.9. The molecule has 0 saturated heterocycles. The van der Waals surface area contributed by atoms with E-state index in [4.69, 9.17) is 0 Å². The molecule has 0 aromatic heterocycles.